The van der Waals surface area contributed by atoms with Crippen LogP contribution in [0.2, 0.25) is 0 Å². The summed E-state index contributed by atoms with van der Waals surface area (Å²) in [6, 6.07) is 13.6. The van der Waals surface area contributed by atoms with Gasteiger partial charge in [0.2, 0.25) is 0 Å². The van der Waals surface area contributed by atoms with E-state index < -0.39 is 0 Å². The van der Waals surface area contributed by atoms with Crippen LogP contribution in [0.1, 0.15) is 27.6 Å². The Bertz CT molecular complexity index is 885. The van der Waals surface area contributed by atoms with Crippen molar-refractivity contribution in [1.29, 1.82) is 0 Å². The molecule has 1 N–H and O–H groups in total. The number of carbonyl (C=O) groups excluding carboxylic acids is 1. The van der Waals surface area contributed by atoms with Gasteiger partial charge >= 0.3 is 0 Å². The predicted octanol–water partition coefficient (Wildman–Crippen LogP) is 2.98. The van der Waals surface area contributed by atoms with E-state index in [2.05, 4.69) is 15.0 Å². The maximum atomic E-state index is 12.9. The molecule has 2 aromatic heterocycles. The normalized spacial score (nSPS) is 13.6. The summed E-state index contributed by atoms with van der Waals surface area (Å²) in [5, 5.41) is 0. The number of hydrogen-bond donors (Lipinski definition) is 1. The van der Waals surface area contributed by atoms with Crippen molar-refractivity contribution in [2.75, 3.05) is 6.54 Å². The van der Waals surface area contributed by atoms with E-state index in [-0.39, 0.29) is 5.91 Å². The largest absolute Gasteiger partial charge is 0.344 e. The topological polar surface area (TPSA) is 61.9 Å². The summed E-state index contributed by atoms with van der Waals surface area (Å²) in [5.41, 5.74) is 4.62. The number of amides is 1. The first kappa shape index (κ1) is 14.6. The molecule has 1 amide bonds. The SMILES string of the molecule is Cc1nc2c([nH]1)CN(C(=O)c1ccnc(-c3ccccc3)c1)CC2. The molecule has 0 bridgehead atoms. The molecule has 0 saturated heterocycles. The molecule has 0 aliphatic carbocycles. The number of carbonyl (C=O) groups is 1. The number of imidazole rings is 1. The summed E-state index contributed by atoms with van der Waals surface area (Å²) in [7, 11) is 0. The Balaban J connectivity index is 1.59. The van der Waals surface area contributed by atoms with E-state index in [4.69, 9.17) is 0 Å². The summed E-state index contributed by atoms with van der Waals surface area (Å²) >= 11 is 0. The van der Waals surface area contributed by atoms with Crippen LogP contribution in [0.25, 0.3) is 11.3 Å². The van der Waals surface area contributed by atoms with Gasteiger partial charge < -0.3 is 9.88 Å². The molecule has 5 heteroatoms. The Morgan fingerprint density at radius 3 is 2.88 bits per heavy atom. The van der Waals surface area contributed by atoms with Crippen LogP contribution in [0, 0.1) is 6.92 Å². The molecule has 24 heavy (non-hydrogen) atoms. The number of hydrogen-bond acceptors (Lipinski definition) is 3. The summed E-state index contributed by atoms with van der Waals surface area (Å²) in [6.07, 6.45) is 2.49. The van der Waals surface area contributed by atoms with Crippen molar-refractivity contribution in [1.82, 2.24) is 19.9 Å². The zero-order valence-electron chi connectivity index (χ0n) is 13.5. The minimum Gasteiger partial charge on any atom is -0.344 e. The highest BCUT2D eigenvalue weighted by molar-refractivity contribution is 5.95. The van der Waals surface area contributed by atoms with E-state index >= 15 is 0 Å². The lowest BCUT2D eigenvalue weighted by atomic mass is 10.1. The maximum Gasteiger partial charge on any atom is 0.254 e. The summed E-state index contributed by atoms with van der Waals surface area (Å²) < 4.78 is 0. The second-order valence-corrected chi connectivity index (χ2v) is 6.02. The Morgan fingerprint density at radius 2 is 2.04 bits per heavy atom. The highest BCUT2D eigenvalue weighted by atomic mass is 16.2. The van der Waals surface area contributed by atoms with Crippen molar-refractivity contribution in [3.8, 4) is 11.3 Å². The molecule has 1 aliphatic rings. The van der Waals surface area contributed by atoms with E-state index in [9.17, 15) is 4.79 Å². The Hall–Kier alpha value is -2.95. The molecule has 1 aliphatic heterocycles. The van der Waals surface area contributed by atoms with Gasteiger partial charge in [0.05, 0.1) is 23.6 Å². The lowest BCUT2D eigenvalue weighted by molar-refractivity contribution is 0.0732. The molecule has 0 saturated carbocycles. The smallest absolute Gasteiger partial charge is 0.254 e. The molecule has 1 aromatic carbocycles. The van der Waals surface area contributed by atoms with Crippen LogP contribution in [-0.2, 0) is 13.0 Å². The van der Waals surface area contributed by atoms with Gasteiger partial charge in [-0.3, -0.25) is 9.78 Å². The van der Waals surface area contributed by atoms with Crippen LogP contribution in [0.5, 0.6) is 0 Å². The number of benzene rings is 1. The van der Waals surface area contributed by atoms with Crippen molar-refractivity contribution < 1.29 is 4.79 Å². The summed E-state index contributed by atoms with van der Waals surface area (Å²) in [6.45, 7) is 3.22. The molecular weight excluding hydrogens is 300 g/mol. The molecule has 0 atom stereocenters. The highest BCUT2D eigenvalue weighted by Gasteiger charge is 2.24. The van der Waals surface area contributed by atoms with E-state index in [1.54, 1.807) is 12.3 Å². The number of aromatic nitrogens is 3. The van der Waals surface area contributed by atoms with Crippen LogP contribution in [-0.4, -0.2) is 32.3 Å². The van der Waals surface area contributed by atoms with Gasteiger partial charge in [-0.1, -0.05) is 30.3 Å². The van der Waals surface area contributed by atoms with Gasteiger partial charge in [0, 0.05) is 30.3 Å². The number of fused-ring (bicyclic) bond motifs is 1. The lowest BCUT2D eigenvalue weighted by Crippen LogP contribution is -2.36. The second-order valence-electron chi connectivity index (χ2n) is 6.02. The molecule has 0 unspecified atom stereocenters. The molecule has 3 heterocycles. The van der Waals surface area contributed by atoms with Gasteiger partial charge in [0.15, 0.2) is 0 Å². The van der Waals surface area contributed by atoms with Crippen molar-refractivity contribution in [2.24, 2.45) is 0 Å². The number of nitrogens with one attached hydrogen (secondary N) is 1. The zero-order valence-corrected chi connectivity index (χ0v) is 13.5. The summed E-state index contributed by atoms with van der Waals surface area (Å²) in [4.78, 5) is 26.8. The van der Waals surface area contributed by atoms with Gasteiger partial charge in [-0.25, -0.2) is 4.98 Å². The van der Waals surface area contributed by atoms with E-state index in [1.807, 2.05) is 48.2 Å². The monoisotopic (exact) mass is 318 g/mol. The number of nitrogens with zero attached hydrogens (tertiary/aromatic N) is 3. The average Bonchev–Trinajstić information content (AvgIpc) is 3.01. The molecule has 5 nitrogen and oxygen atoms in total. The van der Waals surface area contributed by atoms with Crippen LogP contribution in [0.4, 0.5) is 0 Å². The predicted molar refractivity (Wildman–Crippen MR) is 91.4 cm³/mol. The number of rotatable bonds is 2. The first-order chi connectivity index (χ1) is 11.7. The fraction of sp³-hybridized carbons (Fsp3) is 0.211. The third-order valence-electron chi connectivity index (χ3n) is 4.31. The molecule has 3 aromatic rings. The van der Waals surface area contributed by atoms with Gasteiger partial charge in [-0.15, -0.1) is 0 Å². The van der Waals surface area contributed by atoms with Crippen LogP contribution in [0.15, 0.2) is 48.7 Å². The van der Waals surface area contributed by atoms with Crippen molar-refractivity contribution in [3.63, 3.8) is 0 Å². The van der Waals surface area contributed by atoms with Crippen molar-refractivity contribution in [3.05, 3.63) is 71.4 Å². The van der Waals surface area contributed by atoms with Gasteiger partial charge in [0.1, 0.15) is 5.82 Å². The van der Waals surface area contributed by atoms with Gasteiger partial charge in [-0.2, -0.15) is 0 Å². The third-order valence-corrected chi connectivity index (χ3v) is 4.31. The van der Waals surface area contributed by atoms with E-state index in [0.29, 0.717) is 18.7 Å². The van der Waals surface area contributed by atoms with Crippen molar-refractivity contribution >= 4 is 5.91 Å². The Morgan fingerprint density at radius 1 is 1.21 bits per heavy atom. The first-order valence-electron chi connectivity index (χ1n) is 8.06. The number of aromatic amines is 1. The quantitative estimate of drug-likeness (QED) is 0.790. The van der Waals surface area contributed by atoms with Gasteiger partial charge in [-0.05, 0) is 19.1 Å². The lowest BCUT2D eigenvalue weighted by Gasteiger charge is -2.26. The molecule has 120 valence electrons. The maximum absolute atomic E-state index is 12.9. The minimum absolute atomic E-state index is 0.0347. The second kappa shape index (κ2) is 5.92. The zero-order chi connectivity index (χ0) is 16.5. The highest BCUT2D eigenvalue weighted by Crippen LogP contribution is 2.21. The van der Waals surface area contributed by atoms with Crippen LogP contribution < -0.4 is 0 Å². The number of H-pyrrole nitrogens is 1. The average molecular weight is 318 g/mol. The first-order valence-corrected chi connectivity index (χ1v) is 8.06. The fourth-order valence-corrected chi connectivity index (χ4v) is 3.12. The number of pyridine rings is 1. The molecular formula is C19H18N4O. The fourth-order valence-electron chi connectivity index (χ4n) is 3.12. The van der Waals surface area contributed by atoms with Crippen LogP contribution in [0.3, 0.4) is 0 Å². The molecule has 0 spiro atoms. The van der Waals surface area contributed by atoms with E-state index in [1.165, 1.54) is 0 Å². The van der Waals surface area contributed by atoms with E-state index in [0.717, 1.165) is 34.9 Å². The third kappa shape index (κ3) is 2.69. The molecule has 0 radical (unpaired) electrons. The summed E-state index contributed by atoms with van der Waals surface area (Å²) in [5.74, 6) is 0.942. The molecule has 4 rings (SSSR count). The standard InChI is InChI=1S/C19H18N4O/c1-13-21-16-8-10-23(12-18(16)22-13)19(24)15-7-9-20-17(11-15)14-5-3-2-4-6-14/h2-7,9,11H,8,10,12H2,1H3,(H,21,22). The minimum atomic E-state index is 0.0347. The molecule has 0 fully saturated rings. The van der Waals surface area contributed by atoms with Crippen molar-refractivity contribution in [2.45, 2.75) is 19.9 Å². The van der Waals surface area contributed by atoms with Gasteiger partial charge in [0.25, 0.3) is 5.91 Å². The van der Waals surface area contributed by atoms with Crippen LogP contribution >= 0.6 is 0 Å². The Labute approximate surface area is 140 Å². The number of aryl methyl sites for hydroxylation is 1. The Kier molecular flexibility index (Phi) is 3.61.